The van der Waals surface area contributed by atoms with E-state index >= 15 is 0 Å². The number of aromatic nitrogens is 1. The molecule has 6 heteroatoms. The molecule has 1 unspecified atom stereocenters. The van der Waals surface area contributed by atoms with Crippen molar-refractivity contribution in [2.75, 3.05) is 14.2 Å². The summed E-state index contributed by atoms with van der Waals surface area (Å²) in [6.07, 6.45) is 8.15. The smallest absolute Gasteiger partial charge is 0.161 e. The second kappa shape index (κ2) is 7.91. The van der Waals surface area contributed by atoms with Crippen molar-refractivity contribution < 1.29 is 19.7 Å². The van der Waals surface area contributed by atoms with Crippen LogP contribution < -0.4 is 9.47 Å². The maximum Gasteiger partial charge on any atom is 0.161 e. The van der Waals surface area contributed by atoms with E-state index in [1.807, 2.05) is 36.5 Å². The highest BCUT2D eigenvalue weighted by Crippen LogP contribution is 2.40. The Kier molecular flexibility index (Phi) is 5.14. The quantitative estimate of drug-likeness (QED) is 0.651. The van der Waals surface area contributed by atoms with Crippen LogP contribution in [-0.2, 0) is 12.0 Å². The largest absolute Gasteiger partial charge is 0.504 e. The number of allylic oxidation sites excluding steroid dienone is 1. The molecule has 6 nitrogen and oxygen atoms in total. The van der Waals surface area contributed by atoms with E-state index in [-0.39, 0.29) is 11.5 Å². The molecule has 2 aromatic carbocycles. The minimum Gasteiger partial charge on any atom is -0.504 e. The zero-order valence-electron chi connectivity index (χ0n) is 16.7. The first-order valence-corrected chi connectivity index (χ1v) is 9.47. The van der Waals surface area contributed by atoms with Crippen LogP contribution in [0, 0.1) is 0 Å². The van der Waals surface area contributed by atoms with Crippen molar-refractivity contribution >= 4 is 5.71 Å². The van der Waals surface area contributed by atoms with Crippen LogP contribution in [0.15, 0.2) is 78.1 Å². The minimum absolute atomic E-state index is 0.0761. The Bertz CT molecular complexity index is 1130. The minimum atomic E-state index is -0.690. The molecule has 0 bridgehead atoms. The molecule has 0 amide bonds. The number of phenols is 2. The van der Waals surface area contributed by atoms with E-state index < -0.39 is 5.54 Å². The summed E-state index contributed by atoms with van der Waals surface area (Å²) in [5, 5.41) is 19.9. The van der Waals surface area contributed by atoms with Crippen molar-refractivity contribution in [1.82, 2.24) is 4.98 Å². The molecule has 0 fully saturated rings. The molecule has 1 atom stereocenters. The third kappa shape index (κ3) is 3.59. The number of hydrogen-bond acceptors (Lipinski definition) is 6. The zero-order valence-corrected chi connectivity index (χ0v) is 16.7. The lowest BCUT2D eigenvalue weighted by Crippen LogP contribution is -2.23. The Morgan fingerprint density at radius 2 is 1.67 bits per heavy atom. The van der Waals surface area contributed by atoms with Gasteiger partial charge in [0.2, 0.25) is 0 Å². The van der Waals surface area contributed by atoms with Crippen LogP contribution in [0.2, 0.25) is 0 Å². The van der Waals surface area contributed by atoms with Gasteiger partial charge >= 0.3 is 0 Å². The van der Waals surface area contributed by atoms with Crippen LogP contribution in [0.25, 0.3) is 0 Å². The Morgan fingerprint density at radius 3 is 2.37 bits per heavy atom. The topological polar surface area (TPSA) is 84.2 Å². The van der Waals surface area contributed by atoms with Crippen molar-refractivity contribution in [1.29, 1.82) is 0 Å². The molecule has 0 saturated carbocycles. The highest BCUT2D eigenvalue weighted by atomic mass is 16.5. The lowest BCUT2D eigenvalue weighted by atomic mass is 9.85. The van der Waals surface area contributed by atoms with Gasteiger partial charge in [0, 0.05) is 24.4 Å². The van der Waals surface area contributed by atoms with Crippen LogP contribution in [0.5, 0.6) is 23.0 Å². The molecular formula is C24H22N2O4. The monoisotopic (exact) mass is 402 g/mol. The van der Waals surface area contributed by atoms with Gasteiger partial charge < -0.3 is 19.7 Å². The van der Waals surface area contributed by atoms with Gasteiger partial charge in [0.15, 0.2) is 23.0 Å². The number of ether oxygens (including phenoxy) is 2. The molecule has 1 aliphatic rings. The fourth-order valence-corrected chi connectivity index (χ4v) is 3.63. The molecular weight excluding hydrogens is 380 g/mol. The molecule has 0 spiro atoms. The highest BCUT2D eigenvalue weighted by molar-refractivity contribution is 6.11. The Hall–Kier alpha value is -3.80. The maximum atomic E-state index is 10.0. The molecule has 30 heavy (non-hydrogen) atoms. The van der Waals surface area contributed by atoms with E-state index in [9.17, 15) is 10.2 Å². The van der Waals surface area contributed by atoms with Crippen LogP contribution in [0.3, 0.4) is 0 Å². The molecule has 3 aromatic rings. The molecule has 4 rings (SSSR count). The summed E-state index contributed by atoms with van der Waals surface area (Å²) in [6, 6.07) is 14.3. The highest BCUT2D eigenvalue weighted by Gasteiger charge is 2.34. The summed E-state index contributed by atoms with van der Waals surface area (Å²) in [6.45, 7) is 0. The van der Waals surface area contributed by atoms with Crippen molar-refractivity contribution in [3.05, 3.63) is 89.8 Å². The van der Waals surface area contributed by atoms with E-state index in [1.54, 1.807) is 36.5 Å². The molecule has 0 radical (unpaired) electrons. The maximum absolute atomic E-state index is 10.0. The average molecular weight is 402 g/mol. The molecule has 1 aromatic heterocycles. The van der Waals surface area contributed by atoms with E-state index in [4.69, 9.17) is 14.5 Å². The predicted octanol–water partition coefficient (Wildman–Crippen LogP) is 4.01. The normalized spacial score (nSPS) is 17.6. The number of benzene rings is 2. The molecule has 2 N–H and O–H groups in total. The van der Waals surface area contributed by atoms with E-state index in [0.717, 1.165) is 22.4 Å². The third-order valence-electron chi connectivity index (χ3n) is 5.19. The fourth-order valence-electron chi connectivity index (χ4n) is 3.63. The summed E-state index contributed by atoms with van der Waals surface area (Å²) >= 11 is 0. The van der Waals surface area contributed by atoms with Gasteiger partial charge in [-0.15, -0.1) is 0 Å². The SMILES string of the molecule is COc1cc(C2=NC(Cc3cccnc3)(c3ccc(O)c(OC)c3)C=C2)ccc1O. The molecule has 152 valence electrons. The lowest BCUT2D eigenvalue weighted by molar-refractivity contribution is 0.371. The first kappa shape index (κ1) is 19.5. The summed E-state index contributed by atoms with van der Waals surface area (Å²) in [5.41, 5.74) is 2.83. The summed E-state index contributed by atoms with van der Waals surface area (Å²) in [4.78, 5) is 9.30. The van der Waals surface area contributed by atoms with Crippen molar-refractivity contribution in [3.8, 4) is 23.0 Å². The van der Waals surface area contributed by atoms with E-state index in [2.05, 4.69) is 4.98 Å². The van der Waals surface area contributed by atoms with Crippen molar-refractivity contribution in [2.24, 2.45) is 4.99 Å². The average Bonchev–Trinajstić information content (AvgIpc) is 3.20. The van der Waals surface area contributed by atoms with E-state index in [0.29, 0.717) is 17.9 Å². The Balaban J connectivity index is 1.82. The first-order valence-electron chi connectivity index (χ1n) is 9.47. The standard InChI is InChI=1S/C24H22N2O4/c1-29-22-12-17(5-7-20(22)27)19-9-10-24(26-19,14-16-4-3-11-25-15-16)18-6-8-21(28)23(13-18)30-2/h3-13,15,27-28H,14H2,1-2H3. The number of nitrogens with zero attached hydrogens (tertiary/aromatic N) is 2. The number of methoxy groups -OCH3 is 2. The summed E-state index contributed by atoms with van der Waals surface area (Å²) in [7, 11) is 3.04. The van der Waals surface area contributed by atoms with Gasteiger partial charge in [-0.3, -0.25) is 9.98 Å². The van der Waals surface area contributed by atoms with Crippen LogP contribution >= 0.6 is 0 Å². The first-order chi connectivity index (χ1) is 14.5. The summed E-state index contributed by atoms with van der Waals surface area (Å²) in [5.74, 6) is 0.932. The van der Waals surface area contributed by atoms with Crippen molar-refractivity contribution in [3.63, 3.8) is 0 Å². The Labute approximate surface area is 174 Å². The zero-order chi connectivity index (χ0) is 21.1. The van der Waals surface area contributed by atoms with Gasteiger partial charge in [-0.05, 0) is 53.6 Å². The van der Waals surface area contributed by atoms with Gasteiger partial charge in [-0.2, -0.15) is 0 Å². The van der Waals surface area contributed by atoms with Crippen LogP contribution in [0.4, 0.5) is 0 Å². The lowest BCUT2D eigenvalue weighted by Gasteiger charge is -2.26. The fraction of sp³-hybridized carbons (Fsp3) is 0.167. The van der Waals surface area contributed by atoms with Gasteiger partial charge in [0.1, 0.15) is 5.54 Å². The number of hydrogen-bond donors (Lipinski definition) is 2. The molecule has 0 saturated heterocycles. The number of pyridine rings is 1. The van der Waals surface area contributed by atoms with Gasteiger partial charge in [0.05, 0.1) is 19.9 Å². The molecule has 2 heterocycles. The van der Waals surface area contributed by atoms with Gasteiger partial charge in [0.25, 0.3) is 0 Å². The van der Waals surface area contributed by atoms with E-state index in [1.165, 1.54) is 14.2 Å². The number of rotatable bonds is 6. The molecule has 0 aliphatic carbocycles. The Morgan fingerprint density at radius 1 is 0.933 bits per heavy atom. The summed E-state index contributed by atoms with van der Waals surface area (Å²) < 4.78 is 10.6. The number of aliphatic imine (C=N–C) groups is 1. The van der Waals surface area contributed by atoms with Gasteiger partial charge in [-0.25, -0.2) is 0 Å². The third-order valence-corrected chi connectivity index (χ3v) is 5.19. The van der Waals surface area contributed by atoms with Crippen LogP contribution in [0.1, 0.15) is 16.7 Å². The van der Waals surface area contributed by atoms with Gasteiger partial charge in [-0.1, -0.05) is 18.2 Å². The predicted molar refractivity (Wildman–Crippen MR) is 115 cm³/mol. The molecule has 1 aliphatic heterocycles. The second-order valence-electron chi connectivity index (χ2n) is 7.07. The second-order valence-corrected chi connectivity index (χ2v) is 7.07. The van der Waals surface area contributed by atoms with Crippen molar-refractivity contribution in [2.45, 2.75) is 12.0 Å². The van der Waals surface area contributed by atoms with Crippen LogP contribution in [-0.4, -0.2) is 35.1 Å². The number of aromatic hydroxyl groups is 2. The number of phenolic OH excluding ortho intramolecular Hbond substituents is 2.